The number of hydrogen-bond acceptors (Lipinski definition) is 3. The topological polar surface area (TPSA) is 58.4 Å². The molecular weight excluding hydrogens is 194 g/mol. The first-order chi connectivity index (χ1) is 6.86. The Morgan fingerprint density at radius 3 is 2.60 bits per heavy atom. The lowest BCUT2D eigenvalue weighted by molar-refractivity contribution is -0.148. The highest BCUT2D eigenvalue weighted by molar-refractivity contribution is 5.78. The van der Waals surface area contributed by atoms with Crippen molar-refractivity contribution < 1.29 is 9.90 Å². The van der Waals surface area contributed by atoms with Gasteiger partial charge in [0.25, 0.3) is 0 Å². The maximum absolute atomic E-state index is 11.2. The van der Waals surface area contributed by atoms with Crippen molar-refractivity contribution in [1.82, 2.24) is 14.5 Å². The van der Waals surface area contributed by atoms with Crippen LogP contribution in [-0.2, 0) is 18.3 Å². The number of imidazole rings is 1. The van der Waals surface area contributed by atoms with Gasteiger partial charge in [-0.05, 0) is 21.0 Å². The zero-order chi connectivity index (χ0) is 11.6. The number of aryl methyl sites for hydroxylation is 1. The van der Waals surface area contributed by atoms with E-state index in [1.54, 1.807) is 32.2 Å². The predicted molar refractivity (Wildman–Crippen MR) is 56.6 cm³/mol. The molecule has 1 unspecified atom stereocenters. The van der Waals surface area contributed by atoms with Gasteiger partial charge in [-0.1, -0.05) is 0 Å². The quantitative estimate of drug-likeness (QED) is 0.781. The fraction of sp³-hybridized carbons (Fsp3) is 0.600. The van der Waals surface area contributed by atoms with E-state index in [1.165, 1.54) is 0 Å². The number of carbonyl (C=O) groups is 1. The molecule has 0 spiro atoms. The van der Waals surface area contributed by atoms with Gasteiger partial charge in [0.2, 0.25) is 0 Å². The Morgan fingerprint density at radius 1 is 1.67 bits per heavy atom. The molecule has 0 fully saturated rings. The van der Waals surface area contributed by atoms with E-state index in [0.29, 0.717) is 6.42 Å². The maximum atomic E-state index is 11.2. The second-order valence-corrected chi connectivity index (χ2v) is 4.18. The monoisotopic (exact) mass is 211 g/mol. The van der Waals surface area contributed by atoms with Crippen LogP contribution in [0.3, 0.4) is 0 Å². The Morgan fingerprint density at radius 2 is 2.27 bits per heavy atom. The molecule has 84 valence electrons. The second kappa shape index (κ2) is 4.02. The van der Waals surface area contributed by atoms with E-state index in [4.69, 9.17) is 0 Å². The first-order valence-electron chi connectivity index (χ1n) is 4.74. The molecule has 0 aliphatic heterocycles. The molecule has 1 aromatic rings. The van der Waals surface area contributed by atoms with Crippen LogP contribution in [0.2, 0.25) is 0 Å². The minimum absolute atomic E-state index is 0.399. The van der Waals surface area contributed by atoms with E-state index in [-0.39, 0.29) is 0 Å². The first-order valence-corrected chi connectivity index (χ1v) is 4.74. The molecule has 5 heteroatoms. The van der Waals surface area contributed by atoms with Gasteiger partial charge in [0.05, 0.1) is 12.0 Å². The summed E-state index contributed by atoms with van der Waals surface area (Å²) in [6, 6.07) is 0. The molecule has 0 aromatic carbocycles. The average molecular weight is 211 g/mol. The zero-order valence-electron chi connectivity index (χ0n) is 9.56. The molecule has 1 N–H and O–H groups in total. The molecule has 1 heterocycles. The molecule has 5 nitrogen and oxygen atoms in total. The second-order valence-electron chi connectivity index (χ2n) is 4.18. The van der Waals surface area contributed by atoms with Crippen LogP contribution in [0.1, 0.15) is 12.6 Å². The van der Waals surface area contributed by atoms with Gasteiger partial charge >= 0.3 is 5.97 Å². The fourth-order valence-electron chi connectivity index (χ4n) is 1.34. The number of nitrogens with zero attached hydrogens (tertiary/aromatic N) is 3. The smallest absolute Gasteiger partial charge is 0.324 e. The van der Waals surface area contributed by atoms with E-state index in [9.17, 15) is 9.90 Å². The maximum Gasteiger partial charge on any atom is 0.324 e. The third-order valence-electron chi connectivity index (χ3n) is 2.73. The average Bonchev–Trinajstić information content (AvgIpc) is 2.50. The molecule has 0 saturated carbocycles. The van der Waals surface area contributed by atoms with Gasteiger partial charge in [-0.3, -0.25) is 9.69 Å². The molecule has 0 radical (unpaired) electrons. The van der Waals surface area contributed by atoms with Crippen molar-refractivity contribution in [2.24, 2.45) is 7.05 Å². The summed E-state index contributed by atoms with van der Waals surface area (Å²) in [6.45, 7) is 1.70. The number of carboxylic acid groups (broad SMARTS) is 1. The van der Waals surface area contributed by atoms with Crippen LogP contribution in [0.5, 0.6) is 0 Å². The normalized spacial score (nSPS) is 15.3. The van der Waals surface area contributed by atoms with Crippen LogP contribution in [0.25, 0.3) is 0 Å². The number of aromatic nitrogens is 2. The molecular formula is C10H17N3O2. The number of likely N-dealkylation sites (N-methyl/N-ethyl adjacent to an activating group) is 1. The highest BCUT2D eigenvalue weighted by Gasteiger charge is 2.36. The minimum Gasteiger partial charge on any atom is -0.480 e. The number of rotatable bonds is 4. The van der Waals surface area contributed by atoms with Crippen LogP contribution in [0.15, 0.2) is 12.5 Å². The van der Waals surface area contributed by atoms with Crippen molar-refractivity contribution >= 4 is 5.97 Å². The highest BCUT2D eigenvalue weighted by atomic mass is 16.4. The summed E-state index contributed by atoms with van der Waals surface area (Å²) in [5.41, 5.74) is -0.120. The van der Waals surface area contributed by atoms with Gasteiger partial charge < -0.3 is 9.67 Å². The van der Waals surface area contributed by atoms with Crippen molar-refractivity contribution in [3.8, 4) is 0 Å². The van der Waals surface area contributed by atoms with Crippen LogP contribution in [0, 0.1) is 0 Å². The zero-order valence-corrected chi connectivity index (χ0v) is 9.56. The molecule has 1 rings (SSSR count). The third-order valence-corrected chi connectivity index (χ3v) is 2.73. The van der Waals surface area contributed by atoms with Crippen LogP contribution in [0.4, 0.5) is 0 Å². The van der Waals surface area contributed by atoms with Gasteiger partial charge in [0.15, 0.2) is 0 Å². The predicted octanol–water partition coefficient (Wildman–Crippen LogP) is 0.367. The number of carboxylic acids is 1. The minimum atomic E-state index is -0.908. The molecule has 0 aliphatic carbocycles. The van der Waals surface area contributed by atoms with Crippen molar-refractivity contribution in [3.63, 3.8) is 0 Å². The van der Waals surface area contributed by atoms with Gasteiger partial charge in [-0.2, -0.15) is 0 Å². The molecule has 15 heavy (non-hydrogen) atoms. The number of hydrogen-bond donors (Lipinski definition) is 1. The van der Waals surface area contributed by atoms with Crippen LogP contribution < -0.4 is 0 Å². The lowest BCUT2D eigenvalue weighted by Gasteiger charge is -2.31. The number of aliphatic carboxylic acids is 1. The third kappa shape index (κ3) is 2.36. The Labute approximate surface area is 89.3 Å². The summed E-state index contributed by atoms with van der Waals surface area (Å²) in [7, 11) is 5.39. The van der Waals surface area contributed by atoms with E-state index in [1.807, 2.05) is 17.8 Å². The van der Waals surface area contributed by atoms with E-state index in [0.717, 1.165) is 5.69 Å². The van der Waals surface area contributed by atoms with Crippen LogP contribution in [-0.4, -0.2) is 45.2 Å². The largest absolute Gasteiger partial charge is 0.480 e. The van der Waals surface area contributed by atoms with Crippen LogP contribution >= 0.6 is 0 Å². The van der Waals surface area contributed by atoms with Gasteiger partial charge in [0, 0.05) is 19.7 Å². The Hall–Kier alpha value is -1.36. The van der Waals surface area contributed by atoms with E-state index < -0.39 is 11.5 Å². The Kier molecular flexibility index (Phi) is 3.14. The van der Waals surface area contributed by atoms with Gasteiger partial charge in [-0.15, -0.1) is 0 Å². The van der Waals surface area contributed by atoms with Crippen molar-refractivity contribution in [2.45, 2.75) is 18.9 Å². The van der Waals surface area contributed by atoms with Crippen molar-refractivity contribution in [3.05, 3.63) is 18.2 Å². The summed E-state index contributed by atoms with van der Waals surface area (Å²) in [4.78, 5) is 17.0. The molecule has 0 amide bonds. The summed E-state index contributed by atoms with van der Waals surface area (Å²) >= 11 is 0. The summed E-state index contributed by atoms with van der Waals surface area (Å²) in [6.07, 6.45) is 3.91. The van der Waals surface area contributed by atoms with E-state index >= 15 is 0 Å². The summed E-state index contributed by atoms with van der Waals surface area (Å²) in [5, 5.41) is 9.19. The fourth-order valence-corrected chi connectivity index (χ4v) is 1.34. The Bertz CT molecular complexity index is 359. The summed E-state index contributed by atoms with van der Waals surface area (Å²) < 4.78 is 1.81. The van der Waals surface area contributed by atoms with Gasteiger partial charge in [-0.25, -0.2) is 4.98 Å². The lowest BCUT2D eigenvalue weighted by Crippen LogP contribution is -2.50. The lowest BCUT2D eigenvalue weighted by atomic mass is 9.95. The van der Waals surface area contributed by atoms with Crippen molar-refractivity contribution in [2.75, 3.05) is 14.1 Å². The Balaban J connectivity index is 2.89. The molecule has 1 atom stereocenters. The standard InChI is InChI=1S/C10H17N3O2/c1-10(9(14)15,12(2)3)5-8-6-13(4)7-11-8/h6-7H,5H2,1-4H3,(H,14,15). The van der Waals surface area contributed by atoms with Gasteiger partial charge in [0.1, 0.15) is 5.54 Å². The molecule has 0 aliphatic rings. The molecule has 1 aromatic heterocycles. The first kappa shape index (κ1) is 11.7. The SMILES string of the molecule is CN(C)C(C)(Cc1cn(C)cn1)C(=O)O. The van der Waals surface area contributed by atoms with E-state index in [2.05, 4.69) is 4.98 Å². The molecule has 0 saturated heterocycles. The summed E-state index contributed by atoms with van der Waals surface area (Å²) in [5.74, 6) is -0.835. The highest BCUT2D eigenvalue weighted by Crippen LogP contribution is 2.17. The molecule has 0 bridgehead atoms. The van der Waals surface area contributed by atoms with Crippen molar-refractivity contribution in [1.29, 1.82) is 0 Å².